The molecule has 0 aliphatic rings. The minimum absolute atomic E-state index is 0.186. The van der Waals surface area contributed by atoms with Crippen LogP contribution in [0.25, 0.3) is 0 Å². The Morgan fingerprint density at radius 3 is 2.35 bits per heavy atom. The Kier molecular flexibility index (Phi) is 7.33. The summed E-state index contributed by atoms with van der Waals surface area (Å²) in [7, 11) is 3.19. The first-order chi connectivity index (χ1) is 12.4. The van der Waals surface area contributed by atoms with Gasteiger partial charge in [-0.1, -0.05) is 19.1 Å². The number of hydrogen-bond donors (Lipinski definition) is 0. The molecule has 1 aromatic carbocycles. The van der Waals surface area contributed by atoms with Crippen LogP contribution in [0.4, 0.5) is 4.39 Å². The van der Waals surface area contributed by atoms with E-state index in [9.17, 15) is 14.0 Å². The van der Waals surface area contributed by atoms with Crippen LogP contribution in [0.1, 0.15) is 31.0 Å². The third-order valence-corrected chi connectivity index (χ3v) is 4.81. The van der Waals surface area contributed by atoms with E-state index < -0.39 is 0 Å². The zero-order valence-electron chi connectivity index (χ0n) is 15.9. The molecular formula is C20H28FN3O2. The first kappa shape index (κ1) is 20.1. The van der Waals surface area contributed by atoms with Crippen molar-refractivity contribution in [3.63, 3.8) is 0 Å². The lowest BCUT2D eigenvalue weighted by Crippen LogP contribution is -2.38. The molecule has 0 radical (unpaired) electrons. The van der Waals surface area contributed by atoms with Gasteiger partial charge < -0.3 is 9.47 Å². The molecule has 0 aliphatic heterocycles. The highest BCUT2D eigenvalue weighted by Crippen LogP contribution is 2.07. The van der Waals surface area contributed by atoms with Crippen LogP contribution >= 0.6 is 0 Å². The predicted octanol–water partition coefficient (Wildman–Crippen LogP) is 2.11. The van der Waals surface area contributed by atoms with Crippen LogP contribution in [0.15, 0.2) is 39.9 Å². The van der Waals surface area contributed by atoms with Gasteiger partial charge in [0.05, 0.1) is 0 Å². The number of aromatic nitrogens is 2. The Bertz CT molecular complexity index is 842. The highest BCUT2D eigenvalue weighted by molar-refractivity contribution is 5.16. The van der Waals surface area contributed by atoms with Crippen LogP contribution in [0.3, 0.4) is 0 Å². The van der Waals surface area contributed by atoms with Crippen molar-refractivity contribution in [3.05, 3.63) is 68.2 Å². The van der Waals surface area contributed by atoms with E-state index in [-0.39, 0.29) is 17.1 Å². The molecule has 0 amide bonds. The number of rotatable bonds is 9. The fraction of sp³-hybridized carbons (Fsp3) is 0.500. The lowest BCUT2D eigenvalue weighted by atomic mass is 10.1. The Morgan fingerprint density at radius 2 is 1.69 bits per heavy atom. The van der Waals surface area contributed by atoms with E-state index >= 15 is 0 Å². The zero-order chi connectivity index (χ0) is 19.1. The van der Waals surface area contributed by atoms with E-state index in [1.165, 1.54) is 13.1 Å². The maximum atomic E-state index is 13.2. The molecule has 1 heterocycles. The average Bonchev–Trinajstić information content (AvgIpc) is 2.62. The third-order valence-electron chi connectivity index (χ3n) is 4.81. The maximum Gasteiger partial charge on any atom is 0.330 e. The molecule has 0 aliphatic carbocycles. The monoisotopic (exact) mass is 361 g/mol. The number of nitrogens with zero attached hydrogens (tertiary/aromatic N) is 3. The summed E-state index contributed by atoms with van der Waals surface area (Å²) in [6.45, 7) is 4.92. The summed E-state index contributed by atoms with van der Waals surface area (Å²) in [5.74, 6) is -0.186. The number of halogens is 1. The van der Waals surface area contributed by atoms with Crippen LogP contribution in [0.5, 0.6) is 0 Å². The van der Waals surface area contributed by atoms with E-state index in [4.69, 9.17) is 0 Å². The smallest absolute Gasteiger partial charge is 0.304 e. The lowest BCUT2D eigenvalue weighted by molar-refractivity contribution is 0.280. The van der Waals surface area contributed by atoms with Crippen LogP contribution < -0.4 is 11.2 Å². The summed E-state index contributed by atoms with van der Waals surface area (Å²) < 4.78 is 15.9. The number of benzene rings is 1. The van der Waals surface area contributed by atoms with Gasteiger partial charge in [-0.05, 0) is 63.0 Å². The predicted molar refractivity (Wildman–Crippen MR) is 102 cm³/mol. The Balaban J connectivity index is 1.82. The molecule has 2 aromatic rings. The van der Waals surface area contributed by atoms with Gasteiger partial charge in [0.1, 0.15) is 5.82 Å². The van der Waals surface area contributed by atoms with Gasteiger partial charge in [-0.3, -0.25) is 9.36 Å². The molecular weight excluding hydrogens is 333 g/mol. The molecule has 5 nitrogen and oxygen atoms in total. The second-order valence-electron chi connectivity index (χ2n) is 6.65. The van der Waals surface area contributed by atoms with Gasteiger partial charge in [-0.25, -0.2) is 9.18 Å². The minimum atomic E-state index is -0.282. The standard InChI is InChI=1S/C20H28FN3O2/c1-4-24(12-6-9-16-8-5-10-17(21)14-16)13-7-11-18-15-19(25)23(3)20(26)22(18)2/h5,8,10,14-15H,4,6-7,9,11-13H2,1-3H3. The molecule has 26 heavy (non-hydrogen) atoms. The normalized spacial score (nSPS) is 11.3. The van der Waals surface area contributed by atoms with Crippen molar-refractivity contribution in [2.75, 3.05) is 19.6 Å². The molecule has 0 bridgehead atoms. The van der Waals surface area contributed by atoms with Crippen molar-refractivity contribution < 1.29 is 4.39 Å². The summed E-state index contributed by atoms with van der Waals surface area (Å²) in [6.07, 6.45) is 3.41. The van der Waals surface area contributed by atoms with Gasteiger partial charge in [-0.2, -0.15) is 0 Å². The van der Waals surface area contributed by atoms with Crippen molar-refractivity contribution in [3.8, 4) is 0 Å². The van der Waals surface area contributed by atoms with Crippen LogP contribution in [0.2, 0.25) is 0 Å². The average molecular weight is 361 g/mol. The molecule has 0 saturated carbocycles. The van der Waals surface area contributed by atoms with Crippen molar-refractivity contribution in [1.29, 1.82) is 0 Å². The Morgan fingerprint density at radius 1 is 1.00 bits per heavy atom. The van der Waals surface area contributed by atoms with Gasteiger partial charge in [0.15, 0.2) is 0 Å². The molecule has 0 spiro atoms. The molecule has 0 unspecified atom stereocenters. The molecule has 2 rings (SSSR count). The summed E-state index contributed by atoms with van der Waals surface area (Å²) in [4.78, 5) is 26.1. The van der Waals surface area contributed by atoms with Gasteiger partial charge in [-0.15, -0.1) is 0 Å². The summed E-state index contributed by atoms with van der Waals surface area (Å²) in [6, 6.07) is 8.30. The summed E-state index contributed by atoms with van der Waals surface area (Å²) in [5.41, 5.74) is 1.26. The topological polar surface area (TPSA) is 47.2 Å². The van der Waals surface area contributed by atoms with E-state index in [2.05, 4.69) is 11.8 Å². The van der Waals surface area contributed by atoms with E-state index in [0.717, 1.165) is 54.7 Å². The van der Waals surface area contributed by atoms with E-state index in [1.807, 2.05) is 6.07 Å². The molecule has 0 saturated heterocycles. The van der Waals surface area contributed by atoms with Crippen molar-refractivity contribution in [1.82, 2.24) is 14.0 Å². The Hall–Kier alpha value is -2.21. The van der Waals surface area contributed by atoms with E-state index in [0.29, 0.717) is 6.42 Å². The molecule has 1 aromatic heterocycles. The fourth-order valence-electron chi connectivity index (χ4n) is 3.13. The second-order valence-corrected chi connectivity index (χ2v) is 6.65. The largest absolute Gasteiger partial charge is 0.330 e. The zero-order valence-corrected chi connectivity index (χ0v) is 15.9. The van der Waals surface area contributed by atoms with Crippen molar-refractivity contribution >= 4 is 0 Å². The maximum absolute atomic E-state index is 13.2. The van der Waals surface area contributed by atoms with Crippen LogP contribution in [-0.2, 0) is 26.9 Å². The van der Waals surface area contributed by atoms with Crippen molar-refractivity contribution in [2.45, 2.75) is 32.6 Å². The molecule has 6 heteroatoms. The van der Waals surface area contributed by atoms with Crippen LogP contribution in [0, 0.1) is 5.82 Å². The molecule has 0 N–H and O–H groups in total. The number of aryl methyl sites for hydroxylation is 2. The van der Waals surface area contributed by atoms with Gasteiger partial charge >= 0.3 is 5.69 Å². The highest BCUT2D eigenvalue weighted by atomic mass is 19.1. The lowest BCUT2D eigenvalue weighted by Gasteiger charge is -2.20. The fourth-order valence-corrected chi connectivity index (χ4v) is 3.13. The van der Waals surface area contributed by atoms with E-state index in [1.54, 1.807) is 29.8 Å². The molecule has 142 valence electrons. The summed E-state index contributed by atoms with van der Waals surface area (Å²) >= 11 is 0. The Labute approximate surface area is 153 Å². The van der Waals surface area contributed by atoms with Gasteiger partial charge in [0.25, 0.3) is 5.56 Å². The van der Waals surface area contributed by atoms with Gasteiger partial charge in [0.2, 0.25) is 0 Å². The second kappa shape index (κ2) is 9.48. The molecule has 0 atom stereocenters. The van der Waals surface area contributed by atoms with Crippen LogP contribution in [-0.4, -0.2) is 33.7 Å². The SMILES string of the molecule is CCN(CCCc1cccc(F)c1)CCCc1cc(=O)n(C)c(=O)n1C. The first-order valence-electron chi connectivity index (χ1n) is 9.15. The highest BCUT2D eigenvalue weighted by Gasteiger charge is 2.08. The summed E-state index contributed by atoms with van der Waals surface area (Å²) in [5, 5.41) is 0. The molecule has 0 fully saturated rings. The van der Waals surface area contributed by atoms with Crippen molar-refractivity contribution in [2.24, 2.45) is 14.1 Å². The number of hydrogen-bond acceptors (Lipinski definition) is 3. The minimum Gasteiger partial charge on any atom is -0.304 e. The first-order valence-corrected chi connectivity index (χ1v) is 9.15. The third kappa shape index (κ3) is 5.39. The van der Waals surface area contributed by atoms with Gasteiger partial charge in [0, 0.05) is 25.9 Å². The quantitative estimate of drug-likeness (QED) is 0.687.